The first-order valence-electron chi connectivity index (χ1n) is 21.3. The van der Waals surface area contributed by atoms with Crippen molar-refractivity contribution in [2.45, 2.75) is 85.0 Å². The number of aryl methyl sites for hydroxylation is 1. The lowest BCUT2D eigenvalue weighted by molar-refractivity contribution is -0.189. The molecule has 2 aliphatic rings. The van der Waals surface area contributed by atoms with E-state index < -0.39 is 41.1 Å². The molecule has 0 aliphatic carbocycles. The average Bonchev–Trinajstić information content (AvgIpc) is 3.64. The molecule has 5 aromatic rings. The number of amidine groups is 1. The van der Waals surface area contributed by atoms with E-state index in [4.69, 9.17) is 25.6 Å². The van der Waals surface area contributed by atoms with Crippen LogP contribution in [0.3, 0.4) is 0 Å². The van der Waals surface area contributed by atoms with E-state index in [1.807, 2.05) is 20.8 Å². The molecule has 3 aromatic carbocycles. The highest BCUT2D eigenvalue weighted by Gasteiger charge is 2.50. The van der Waals surface area contributed by atoms with Gasteiger partial charge in [-0.15, -0.1) is 0 Å². The number of fused-ring (bicyclic) bond motifs is 5. The molecule has 0 fully saturated rings. The third-order valence-corrected chi connectivity index (χ3v) is 12.1. The Kier molecular flexibility index (Phi) is 12.4. The Morgan fingerprint density at radius 2 is 1.72 bits per heavy atom. The van der Waals surface area contributed by atoms with Crippen LogP contribution in [0, 0.1) is 5.41 Å². The summed E-state index contributed by atoms with van der Waals surface area (Å²) in [6, 6.07) is 14.5. The molecule has 17 heteroatoms. The quantitative estimate of drug-likeness (QED) is 0.0247. The number of aromatic nitrogens is 2. The predicted molar refractivity (Wildman–Crippen MR) is 243 cm³/mol. The van der Waals surface area contributed by atoms with E-state index in [1.54, 1.807) is 72.8 Å². The number of likely N-dealkylation sites (N-methyl/N-ethyl adjacent to an activating group) is 1. The normalized spacial score (nSPS) is 15.2. The number of amides is 3. The zero-order valence-corrected chi connectivity index (χ0v) is 36.9. The summed E-state index contributed by atoms with van der Waals surface area (Å²) >= 11 is 0. The van der Waals surface area contributed by atoms with Gasteiger partial charge in [-0.3, -0.25) is 19.8 Å². The monoisotopic (exact) mass is 885 g/mol. The largest absolute Gasteiger partial charge is 0.508 e. The van der Waals surface area contributed by atoms with Crippen molar-refractivity contribution in [2.24, 2.45) is 5.73 Å². The van der Waals surface area contributed by atoms with E-state index in [9.17, 15) is 39.3 Å². The molecule has 338 valence electrons. The molecule has 65 heavy (non-hydrogen) atoms. The van der Waals surface area contributed by atoms with Gasteiger partial charge in [0.15, 0.2) is 0 Å². The van der Waals surface area contributed by atoms with Gasteiger partial charge < -0.3 is 45.3 Å². The number of anilines is 2. The van der Waals surface area contributed by atoms with Gasteiger partial charge in [0.25, 0.3) is 11.5 Å². The Morgan fingerprint density at radius 1 is 1.02 bits per heavy atom. The predicted octanol–water partition coefficient (Wildman–Crippen LogP) is 6.28. The van der Waals surface area contributed by atoms with E-state index >= 15 is 0 Å². The number of nitrogens with two attached hydrogens (primary N) is 1. The first-order chi connectivity index (χ1) is 31.0. The number of hydrogen-bond acceptors (Lipinski definition) is 13. The second kappa shape index (κ2) is 17.8. The molecular weight excluding hydrogens is 835 g/mol. The van der Waals surface area contributed by atoms with E-state index in [0.717, 1.165) is 27.5 Å². The average molecular weight is 886 g/mol. The second-order valence-electron chi connectivity index (χ2n) is 16.2. The van der Waals surface area contributed by atoms with Crippen LogP contribution in [0.5, 0.6) is 17.2 Å². The first-order valence-corrected chi connectivity index (χ1v) is 21.3. The number of carbonyl (C=O) groups excluding carboxylic acids is 4. The summed E-state index contributed by atoms with van der Waals surface area (Å²) in [4.78, 5) is 74.6. The lowest BCUT2D eigenvalue weighted by Crippen LogP contribution is -2.47. The van der Waals surface area contributed by atoms with E-state index in [-0.39, 0.29) is 90.0 Å². The smallest absolute Gasteiger partial charge is 0.355 e. The van der Waals surface area contributed by atoms with Crippen LogP contribution in [0.2, 0.25) is 0 Å². The molecule has 4 heterocycles. The molecule has 0 saturated carbocycles. The van der Waals surface area contributed by atoms with Crippen LogP contribution in [0.15, 0.2) is 77.2 Å². The molecule has 2 aliphatic heterocycles. The highest BCUT2D eigenvalue weighted by molar-refractivity contribution is 6.22. The fourth-order valence-corrected chi connectivity index (χ4v) is 8.66. The zero-order chi connectivity index (χ0) is 47.1. The lowest BCUT2D eigenvalue weighted by Gasteiger charge is -2.35. The summed E-state index contributed by atoms with van der Waals surface area (Å²) < 4.78 is 13.0. The van der Waals surface area contributed by atoms with E-state index in [0.29, 0.717) is 34.6 Å². The van der Waals surface area contributed by atoms with Gasteiger partial charge in [0, 0.05) is 48.3 Å². The van der Waals surface area contributed by atoms with Crippen LogP contribution in [0.4, 0.5) is 16.2 Å². The summed E-state index contributed by atoms with van der Waals surface area (Å²) in [6.07, 6.45) is 2.19. The molecule has 7 rings (SSSR count). The molecule has 0 radical (unpaired) electrons. The molecule has 0 bridgehead atoms. The topological polar surface area (TPSA) is 251 Å². The molecule has 17 nitrogen and oxygen atoms in total. The van der Waals surface area contributed by atoms with Crippen molar-refractivity contribution in [3.8, 4) is 28.6 Å². The number of pyridine rings is 2. The van der Waals surface area contributed by atoms with Crippen molar-refractivity contribution in [1.82, 2.24) is 14.9 Å². The van der Waals surface area contributed by atoms with Crippen molar-refractivity contribution >= 4 is 52.0 Å². The number of hydrogen-bond donors (Lipinski definition) is 6. The Balaban J connectivity index is 1.01. The number of phenolic OH excluding ortho intramolecular Hbond substituents is 3. The number of nitrogens with zero attached hydrogens (tertiary/aromatic N) is 4. The number of aromatic hydroxyl groups is 3. The number of nitrogens with one attached hydrogen (secondary N) is 2. The van der Waals surface area contributed by atoms with Gasteiger partial charge in [-0.25, -0.2) is 19.5 Å². The third kappa shape index (κ3) is 8.09. The molecule has 3 amide bonds. The Labute approximate surface area is 374 Å². The number of allylic oxidation sites excluding steroid dienone is 1. The number of cyclic esters (lactones) is 1. The fraction of sp³-hybridized carbons (Fsp3) is 0.312. The Morgan fingerprint density at radius 3 is 2.37 bits per heavy atom. The van der Waals surface area contributed by atoms with Crippen LogP contribution < -0.4 is 26.4 Å². The van der Waals surface area contributed by atoms with Crippen LogP contribution in [0.1, 0.15) is 93.2 Å². The van der Waals surface area contributed by atoms with Gasteiger partial charge in [-0.05, 0) is 97.8 Å². The number of primary amides is 1. The molecule has 1 atom stereocenters. The third-order valence-electron chi connectivity index (χ3n) is 12.1. The van der Waals surface area contributed by atoms with Gasteiger partial charge in [0.1, 0.15) is 35.4 Å². The molecule has 0 saturated heterocycles. The maximum absolute atomic E-state index is 14.1. The maximum atomic E-state index is 14.1. The molecule has 0 spiro atoms. The highest BCUT2D eigenvalue weighted by atomic mass is 16.6. The van der Waals surface area contributed by atoms with Crippen molar-refractivity contribution in [1.29, 1.82) is 5.41 Å². The zero-order valence-electron chi connectivity index (χ0n) is 36.9. The lowest BCUT2D eigenvalue weighted by atomic mass is 9.85. The summed E-state index contributed by atoms with van der Waals surface area (Å²) in [7, 11) is 1.66. The standard InChI is InChI=1S/C48H51N7O10/c1-7-29-31-19-28(56)16-17-36(31)52-42-33(29)23-54-38(42)21-35-34(45(54)61)24-64-46(62)48(35,9-3)65-41(59)11-10-18-51-44(60)37(8-2)53(6)26-12-14-27(15-13-26)55(47(50)63)43(49)32-20-30(25(4)5)39(57)22-40(32)58/h8,12-17,19-22,25,49,56-58H,7,9-11,18,23-24H2,1-6H3,(H2,50,63)(H,51,60)/b37-8-,49-43?. The van der Waals surface area contributed by atoms with Crippen LogP contribution >= 0.6 is 0 Å². The minimum Gasteiger partial charge on any atom is -0.508 e. The van der Waals surface area contributed by atoms with Crippen molar-refractivity contribution in [3.63, 3.8) is 0 Å². The SMILES string of the molecule is C/C=C(/C(=O)NCCCC(=O)OC1(CC)C(=O)OCc2c1cc1n(c2=O)Cc2c-1nc1ccc(O)cc1c2CC)N(C)c1ccc(N(C(=N)c2cc(C(C)C)c(O)cc2O)C(N)=O)cc1. The second-order valence-corrected chi connectivity index (χ2v) is 16.2. The summed E-state index contributed by atoms with van der Waals surface area (Å²) in [6.45, 7) is 9.04. The number of esters is 2. The Bertz CT molecular complexity index is 2890. The van der Waals surface area contributed by atoms with Crippen molar-refractivity contribution < 1.29 is 44.0 Å². The van der Waals surface area contributed by atoms with Gasteiger partial charge in [0.2, 0.25) is 5.60 Å². The van der Waals surface area contributed by atoms with Crippen LogP contribution in [-0.4, -0.2) is 68.2 Å². The van der Waals surface area contributed by atoms with Crippen LogP contribution in [0.25, 0.3) is 22.3 Å². The van der Waals surface area contributed by atoms with Crippen LogP contribution in [-0.2, 0) is 49.0 Å². The minimum absolute atomic E-state index is 0.00741. The first kappa shape index (κ1) is 45.3. The minimum atomic E-state index is -1.89. The molecule has 1 unspecified atom stereocenters. The van der Waals surface area contributed by atoms with Gasteiger partial charge >= 0.3 is 18.0 Å². The summed E-state index contributed by atoms with van der Waals surface area (Å²) in [5.41, 5.74) is 8.84. The number of urea groups is 1. The number of ether oxygens (including phenoxy) is 2. The highest BCUT2D eigenvalue weighted by Crippen LogP contribution is 2.43. The Hall–Kier alpha value is -7.69. The van der Waals surface area contributed by atoms with E-state index in [2.05, 4.69) is 5.32 Å². The number of phenols is 3. The van der Waals surface area contributed by atoms with Crippen molar-refractivity contribution in [3.05, 3.63) is 116 Å². The van der Waals surface area contributed by atoms with Gasteiger partial charge in [0.05, 0.1) is 40.3 Å². The van der Waals surface area contributed by atoms with Gasteiger partial charge in [-0.1, -0.05) is 33.8 Å². The van der Waals surface area contributed by atoms with E-state index in [1.165, 1.54) is 18.2 Å². The number of carbonyl (C=O) groups is 4. The molecular formula is C48H51N7O10. The van der Waals surface area contributed by atoms with Gasteiger partial charge in [-0.2, -0.15) is 0 Å². The maximum Gasteiger partial charge on any atom is 0.355 e. The summed E-state index contributed by atoms with van der Waals surface area (Å²) in [5.74, 6) is -2.97. The van der Waals surface area contributed by atoms with Crippen molar-refractivity contribution in [2.75, 3.05) is 23.4 Å². The summed E-state index contributed by atoms with van der Waals surface area (Å²) in [5, 5.41) is 43.4. The fourth-order valence-electron chi connectivity index (χ4n) is 8.66. The molecule has 2 aromatic heterocycles. The molecule has 7 N–H and O–H groups in total. The number of benzene rings is 3. The number of rotatable bonds is 13.